The van der Waals surface area contributed by atoms with Crippen LogP contribution < -0.4 is 5.32 Å². The van der Waals surface area contributed by atoms with E-state index in [0.717, 1.165) is 25.7 Å². The summed E-state index contributed by atoms with van der Waals surface area (Å²) in [6, 6.07) is -0.126. The highest BCUT2D eigenvalue weighted by Crippen LogP contribution is 2.18. The van der Waals surface area contributed by atoms with Crippen LogP contribution in [0, 0.1) is 5.92 Å². The van der Waals surface area contributed by atoms with Crippen LogP contribution in [-0.4, -0.2) is 30.0 Å². The second-order valence-corrected chi connectivity index (χ2v) is 4.59. The molecular formula is C11H21NO3. The molecule has 0 bridgehead atoms. The lowest BCUT2D eigenvalue weighted by Crippen LogP contribution is -2.45. The fourth-order valence-corrected chi connectivity index (χ4v) is 1.72. The second kappa shape index (κ2) is 5.95. The summed E-state index contributed by atoms with van der Waals surface area (Å²) in [4.78, 5) is 11.3. The summed E-state index contributed by atoms with van der Waals surface area (Å²) in [5.41, 5.74) is 0. The third-order valence-electron chi connectivity index (χ3n) is 2.58. The van der Waals surface area contributed by atoms with Gasteiger partial charge in [-0.1, -0.05) is 26.7 Å². The van der Waals surface area contributed by atoms with Crippen LogP contribution in [-0.2, 0) is 4.74 Å². The number of aliphatic hydroxyl groups is 1. The topological polar surface area (TPSA) is 58.6 Å². The second-order valence-electron chi connectivity index (χ2n) is 4.59. The molecule has 0 aliphatic heterocycles. The first-order valence-electron chi connectivity index (χ1n) is 5.71. The third kappa shape index (κ3) is 4.51. The van der Waals surface area contributed by atoms with Gasteiger partial charge < -0.3 is 15.2 Å². The molecule has 1 rings (SSSR count). The van der Waals surface area contributed by atoms with E-state index < -0.39 is 12.2 Å². The number of rotatable bonds is 3. The van der Waals surface area contributed by atoms with Crippen molar-refractivity contribution >= 4 is 6.09 Å². The predicted octanol–water partition coefficient (Wildman–Crippen LogP) is 1.67. The Morgan fingerprint density at radius 1 is 1.47 bits per heavy atom. The number of hydrogen-bond acceptors (Lipinski definition) is 3. The Morgan fingerprint density at radius 3 is 2.73 bits per heavy atom. The van der Waals surface area contributed by atoms with Gasteiger partial charge in [0.15, 0.2) is 0 Å². The number of alkyl carbamates (subject to hydrolysis) is 1. The maximum absolute atomic E-state index is 11.3. The molecule has 4 heteroatoms. The Kier molecular flexibility index (Phi) is 4.88. The number of carbonyl (C=O) groups is 1. The van der Waals surface area contributed by atoms with Crippen LogP contribution in [0.4, 0.5) is 4.79 Å². The Balaban J connectivity index is 2.24. The van der Waals surface area contributed by atoms with E-state index in [4.69, 9.17) is 4.74 Å². The summed E-state index contributed by atoms with van der Waals surface area (Å²) in [5, 5.41) is 12.3. The molecule has 4 nitrogen and oxygen atoms in total. The minimum atomic E-state index is -0.412. The zero-order valence-electron chi connectivity index (χ0n) is 9.53. The standard InChI is InChI=1S/C11H21NO3/c1-8(2)7-15-11(14)12-9-5-3-4-6-10(9)13/h8-10,13H,3-7H2,1-2H3,(H,12,14)/t9-,10-/m1/s1. The highest BCUT2D eigenvalue weighted by molar-refractivity contribution is 5.67. The van der Waals surface area contributed by atoms with Crippen molar-refractivity contribution < 1.29 is 14.6 Å². The maximum Gasteiger partial charge on any atom is 0.407 e. The minimum Gasteiger partial charge on any atom is -0.449 e. The van der Waals surface area contributed by atoms with Crippen molar-refractivity contribution in [2.75, 3.05) is 6.61 Å². The molecule has 2 atom stereocenters. The molecule has 0 radical (unpaired) electrons. The Hall–Kier alpha value is -0.770. The lowest BCUT2D eigenvalue weighted by Gasteiger charge is -2.27. The van der Waals surface area contributed by atoms with Gasteiger partial charge in [0, 0.05) is 0 Å². The van der Waals surface area contributed by atoms with Crippen LogP contribution in [0.5, 0.6) is 0 Å². The van der Waals surface area contributed by atoms with Crippen LogP contribution in [0.25, 0.3) is 0 Å². The molecule has 0 heterocycles. The molecule has 0 unspecified atom stereocenters. The van der Waals surface area contributed by atoms with Gasteiger partial charge in [0.2, 0.25) is 0 Å². The van der Waals surface area contributed by atoms with Gasteiger partial charge in [0.25, 0.3) is 0 Å². The molecule has 0 aromatic carbocycles. The molecule has 0 spiro atoms. The molecule has 1 saturated carbocycles. The zero-order valence-corrected chi connectivity index (χ0v) is 9.53. The summed E-state index contributed by atoms with van der Waals surface area (Å²) >= 11 is 0. The van der Waals surface area contributed by atoms with Crippen molar-refractivity contribution in [2.45, 2.75) is 51.7 Å². The first-order chi connectivity index (χ1) is 7.09. The van der Waals surface area contributed by atoms with Gasteiger partial charge in [-0.25, -0.2) is 4.79 Å². The highest BCUT2D eigenvalue weighted by Gasteiger charge is 2.24. The minimum absolute atomic E-state index is 0.126. The van der Waals surface area contributed by atoms with E-state index >= 15 is 0 Å². The molecule has 1 aliphatic carbocycles. The Labute approximate surface area is 91.0 Å². The number of hydrogen-bond donors (Lipinski definition) is 2. The molecule has 0 aromatic heterocycles. The van der Waals surface area contributed by atoms with Crippen LogP contribution >= 0.6 is 0 Å². The summed E-state index contributed by atoms with van der Waals surface area (Å²) < 4.78 is 4.99. The largest absolute Gasteiger partial charge is 0.449 e. The number of ether oxygens (including phenoxy) is 1. The molecular weight excluding hydrogens is 194 g/mol. The van der Waals surface area contributed by atoms with Gasteiger partial charge in [-0.2, -0.15) is 0 Å². The average Bonchev–Trinajstić information content (AvgIpc) is 2.18. The van der Waals surface area contributed by atoms with Gasteiger partial charge in [0.05, 0.1) is 18.8 Å². The van der Waals surface area contributed by atoms with Crippen molar-refractivity contribution in [3.63, 3.8) is 0 Å². The van der Waals surface area contributed by atoms with Gasteiger partial charge in [-0.05, 0) is 18.8 Å². The number of aliphatic hydroxyl groups excluding tert-OH is 1. The smallest absolute Gasteiger partial charge is 0.407 e. The van der Waals surface area contributed by atoms with E-state index in [9.17, 15) is 9.90 Å². The van der Waals surface area contributed by atoms with Crippen LogP contribution in [0.1, 0.15) is 39.5 Å². The van der Waals surface area contributed by atoms with Crippen molar-refractivity contribution in [1.82, 2.24) is 5.32 Å². The van der Waals surface area contributed by atoms with Crippen LogP contribution in [0.15, 0.2) is 0 Å². The van der Waals surface area contributed by atoms with Crippen molar-refractivity contribution in [3.05, 3.63) is 0 Å². The SMILES string of the molecule is CC(C)COC(=O)N[C@@H]1CCCC[C@H]1O. The number of carbonyl (C=O) groups excluding carboxylic acids is 1. The normalized spacial score (nSPS) is 26.4. The van der Waals surface area contributed by atoms with E-state index in [1.807, 2.05) is 13.8 Å². The fourth-order valence-electron chi connectivity index (χ4n) is 1.72. The predicted molar refractivity (Wildman–Crippen MR) is 57.6 cm³/mol. The van der Waals surface area contributed by atoms with Crippen LogP contribution in [0.2, 0.25) is 0 Å². The quantitative estimate of drug-likeness (QED) is 0.753. The monoisotopic (exact) mass is 215 g/mol. The van der Waals surface area contributed by atoms with Crippen molar-refractivity contribution in [2.24, 2.45) is 5.92 Å². The fraction of sp³-hybridized carbons (Fsp3) is 0.909. The molecule has 15 heavy (non-hydrogen) atoms. The third-order valence-corrected chi connectivity index (χ3v) is 2.58. The first kappa shape index (κ1) is 12.3. The molecule has 1 amide bonds. The molecule has 1 aliphatic rings. The van der Waals surface area contributed by atoms with Crippen molar-refractivity contribution in [1.29, 1.82) is 0 Å². The van der Waals surface area contributed by atoms with E-state index in [1.165, 1.54) is 0 Å². The first-order valence-corrected chi connectivity index (χ1v) is 5.71. The van der Waals surface area contributed by atoms with E-state index in [0.29, 0.717) is 12.5 Å². The number of nitrogens with one attached hydrogen (secondary N) is 1. The average molecular weight is 215 g/mol. The molecule has 2 N–H and O–H groups in total. The van der Waals surface area contributed by atoms with Crippen LogP contribution in [0.3, 0.4) is 0 Å². The lowest BCUT2D eigenvalue weighted by atomic mass is 9.93. The van der Waals surface area contributed by atoms with Gasteiger partial charge in [-0.3, -0.25) is 0 Å². The molecule has 0 saturated heterocycles. The Bertz CT molecular complexity index is 206. The number of amides is 1. The van der Waals surface area contributed by atoms with E-state index in [1.54, 1.807) is 0 Å². The maximum atomic E-state index is 11.3. The van der Waals surface area contributed by atoms with E-state index in [-0.39, 0.29) is 6.04 Å². The summed E-state index contributed by atoms with van der Waals surface area (Å²) in [6.45, 7) is 4.40. The van der Waals surface area contributed by atoms with Gasteiger partial charge in [0.1, 0.15) is 0 Å². The zero-order chi connectivity index (χ0) is 11.3. The molecule has 1 fully saturated rings. The van der Waals surface area contributed by atoms with Crippen molar-refractivity contribution in [3.8, 4) is 0 Å². The summed E-state index contributed by atoms with van der Waals surface area (Å²) in [7, 11) is 0. The van der Waals surface area contributed by atoms with E-state index in [2.05, 4.69) is 5.32 Å². The lowest BCUT2D eigenvalue weighted by molar-refractivity contribution is 0.0769. The summed E-state index contributed by atoms with van der Waals surface area (Å²) in [6.07, 6.45) is 2.90. The van der Waals surface area contributed by atoms with Gasteiger partial charge in [-0.15, -0.1) is 0 Å². The van der Waals surface area contributed by atoms with Gasteiger partial charge >= 0.3 is 6.09 Å². The Morgan fingerprint density at radius 2 is 2.13 bits per heavy atom. The summed E-state index contributed by atoms with van der Waals surface area (Å²) in [5.74, 6) is 0.340. The highest BCUT2D eigenvalue weighted by atomic mass is 16.5. The molecule has 88 valence electrons. The molecule has 0 aromatic rings.